The normalized spacial score (nSPS) is 24.6. The van der Waals surface area contributed by atoms with E-state index in [0.29, 0.717) is 11.7 Å². The molecule has 1 aliphatic heterocycles. The lowest BCUT2D eigenvalue weighted by molar-refractivity contribution is -0.138. The minimum absolute atomic E-state index is 0.415. The Balaban J connectivity index is 2.22. The van der Waals surface area contributed by atoms with E-state index in [4.69, 9.17) is 16.3 Å². The first-order valence-corrected chi connectivity index (χ1v) is 6.26. The van der Waals surface area contributed by atoms with Gasteiger partial charge in [-0.05, 0) is 20.3 Å². The van der Waals surface area contributed by atoms with E-state index in [1.54, 1.807) is 27.0 Å². The molecule has 2 heterocycles. The highest BCUT2D eigenvalue weighted by molar-refractivity contribution is 6.29. The molecule has 18 heavy (non-hydrogen) atoms. The summed E-state index contributed by atoms with van der Waals surface area (Å²) in [5.74, 6) is 0.762. The zero-order chi connectivity index (χ0) is 13.4. The van der Waals surface area contributed by atoms with Crippen LogP contribution in [0.1, 0.15) is 20.3 Å². The smallest absolute Gasteiger partial charge is 0.134 e. The largest absolute Gasteiger partial charge is 0.387 e. The van der Waals surface area contributed by atoms with Crippen LogP contribution in [0.2, 0.25) is 5.15 Å². The van der Waals surface area contributed by atoms with Gasteiger partial charge in [0.2, 0.25) is 0 Å². The first-order chi connectivity index (χ1) is 8.38. The summed E-state index contributed by atoms with van der Waals surface area (Å²) in [6.07, 6.45) is 2.18. The van der Waals surface area contributed by atoms with Crippen molar-refractivity contribution in [3.05, 3.63) is 17.5 Å². The number of methoxy groups -OCH3 is 1. The molecule has 1 aromatic heterocycles. The number of hydrogen-bond acceptors (Lipinski definition) is 5. The van der Waals surface area contributed by atoms with Gasteiger partial charge in [-0.2, -0.15) is 0 Å². The second-order valence-electron chi connectivity index (χ2n) is 5.13. The van der Waals surface area contributed by atoms with Crippen LogP contribution in [0.3, 0.4) is 0 Å². The Hall–Kier alpha value is -0.910. The monoisotopic (exact) mass is 271 g/mol. The van der Waals surface area contributed by atoms with Crippen molar-refractivity contribution in [1.29, 1.82) is 0 Å². The molecule has 1 atom stereocenters. The topological polar surface area (TPSA) is 58.5 Å². The van der Waals surface area contributed by atoms with E-state index in [0.717, 1.165) is 18.8 Å². The minimum Gasteiger partial charge on any atom is -0.387 e. The molecule has 0 aromatic carbocycles. The summed E-state index contributed by atoms with van der Waals surface area (Å²) >= 11 is 5.86. The van der Waals surface area contributed by atoms with Crippen molar-refractivity contribution in [3.63, 3.8) is 0 Å². The molecule has 0 radical (unpaired) electrons. The Morgan fingerprint density at radius 1 is 1.50 bits per heavy atom. The van der Waals surface area contributed by atoms with Crippen molar-refractivity contribution < 1.29 is 9.84 Å². The lowest BCUT2D eigenvalue weighted by atomic mass is 9.85. The van der Waals surface area contributed by atoms with Gasteiger partial charge in [0.1, 0.15) is 22.9 Å². The third kappa shape index (κ3) is 2.30. The average molecular weight is 272 g/mol. The minimum atomic E-state index is -0.909. The fourth-order valence-corrected chi connectivity index (χ4v) is 2.53. The van der Waals surface area contributed by atoms with Gasteiger partial charge < -0.3 is 14.7 Å². The van der Waals surface area contributed by atoms with Gasteiger partial charge in [-0.3, -0.25) is 0 Å². The lowest BCUT2D eigenvalue weighted by Crippen LogP contribution is -2.53. The predicted octanol–water partition coefficient (Wildman–Crippen LogP) is 1.50. The number of anilines is 1. The molecule has 0 bridgehead atoms. The SMILES string of the molecule is CO[C@]1(C(C)(C)O)CCN(c2cc(Cl)ncn2)C1. The Bertz CT molecular complexity index is 436. The van der Waals surface area contributed by atoms with Crippen LogP contribution in [0.4, 0.5) is 5.82 Å². The molecule has 100 valence electrons. The molecule has 5 nitrogen and oxygen atoms in total. The van der Waals surface area contributed by atoms with Gasteiger partial charge >= 0.3 is 0 Å². The Kier molecular flexibility index (Phi) is 3.49. The summed E-state index contributed by atoms with van der Waals surface area (Å²) in [4.78, 5) is 10.1. The van der Waals surface area contributed by atoms with Crippen molar-refractivity contribution in [2.24, 2.45) is 0 Å². The number of hydrogen-bond donors (Lipinski definition) is 1. The molecule has 0 aliphatic carbocycles. The average Bonchev–Trinajstić information content (AvgIpc) is 2.74. The first-order valence-electron chi connectivity index (χ1n) is 5.88. The zero-order valence-corrected chi connectivity index (χ0v) is 11.6. The number of halogens is 1. The molecule has 6 heteroatoms. The van der Waals surface area contributed by atoms with E-state index in [9.17, 15) is 5.11 Å². The van der Waals surface area contributed by atoms with Crippen LogP contribution in [-0.4, -0.2) is 46.5 Å². The van der Waals surface area contributed by atoms with Crippen molar-refractivity contribution in [2.75, 3.05) is 25.1 Å². The molecule has 1 aromatic rings. The fourth-order valence-electron chi connectivity index (χ4n) is 2.39. The van der Waals surface area contributed by atoms with Crippen LogP contribution in [0.5, 0.6) is 0 Å². The zero-order valence-electron chi connectivity index (χ0n) is 10.9. The van der Waals surface area contributed by atoms with Gasteiger partial charge in [0, 0.05) is 19.7 Å². The Morgan fingerprint density at radius 3 is 2.72 bits per heavy atom. The molecular weight excluding hydrogens is 254 g/mol. The third-order valence-corrected chi connectivity index (χ3v) is 3.89. The molecule has 0 unspecified atom stereocenters. The van der Waals surface area contributed by atoms with Gasteiger partial charge in [0.05, 0.1) is 12.1 Å². The quantitative estimate of drug-likeness (QED) is 0.845. The maximum atomic E-state index is 10.3. The highest BCUT2D eigenvalue weighted by Crippen LogP contribution is 2.36. The van der Waals surface area contributed by atoms with Crippen LogP contribution >= 0.6 is 11.6 Å². The van der Waals surface area contributed by atoms with Crippen LogP contribution in [0.15, 0.2) is 12.4 Å². The van der Waals surface area contributed by atoms with Crippen LogP contribution in [-0.2, 0) is 4.74 Å². The highest BCUT2D eigenvalue weighted by atomic mass is 35.5. The van der Waals surface area contributed by atoms with Gasteiger partial charge in [-0.1, -0.05) is 11.6 Å². The number of nitrogens with zero attached hydrogens (tertiary/aromatic N) is 3. The van der Waals surface area contributed by atoms with Gasteiger partial charge in [-0.25, -0.2) is 9.97 Å². The Morgan fingerprint density at radius 2 is 2.22 bits per heavy atom. The fraction of sp³-hybridized carbons (Fsp3) is 0.667. The second-order valence-corrected chi connectivity index (χ2v) is 5.52. The maximum Gasteiger partial charge on any atom is 0.134 e. The summed E-state index contributed by atoms with van der Waals surface area (Å²) in [5, 5.41) is 10.7. The van der Waals surface area contributed by atoms with Crippen molar-refractivity contribution in [3.8, 4) is 0 Å². The van der Waals surface area contributed by atoms with Crippen molar-refractivity contribution in [1.82, 2.24) is 9.97 Å². The summed E-state index contributed by atoms with van der Waals surface area (Å²) in [6.45, 7) is 4.89. The molecular formula is C12H18ClN3O2. The van der Waals surface area contributed by atoms with E-state index in [2.05, 4.69) is 14.9 Å². The third-order valence-electron chi connectivity index (χ3n) is 3.68. The van der Waals surface area contributed by atoms with Crippen molar-refractivity contribution in [2.45, 2.75) is 31.5 Å². The van der Waals surface area contributed by atoms with E-state index in [1.807, 2.05) is 0 Å². The van der Waals surface area contributed by atoms with Gasteiger partial charge in [-0.15, -0.1) is 0 Å². The summed E-state index contributed by atoms with van der Waals surface area (Å²) < 4.78 is 5.58. The lowest BCUT2D eigenvalue weighted by Gasteiger charge is -2.38. The number of ether oxygens (including phenoxy) is 1. The molecule has 0 spiro atoms. The number of rotatable bonds is 3. The van der Waals surface area contributed by atoms with E-state index >= 15 is 0 Å². The first kappa shape index (κ1) is 13.5. The van der Waals surface area contributed by atoms with E-state index in [1.165, 1.54) is 6.33 Å². The molecule has 1 aliphatic rings. The maximum absolute atomic E-state index is 10.3. The molecule has 1 fully saturated rings. The molecule has 1 N–H and O–H groups in total. The Labute approximate surface area is 112 Å². The van der Waals surface area contributed by atoms with Crippen LogP contribution < -0.4 is 4.90 Å². The van der Waals surface area contributed by atoms with E-state index < -0.39 is 11.2 Å². The van der Waals surface area contributed by atoms with Crippen LogP contribution in [0.25, 0.3) is 0 Å². The summed E-state index contributed by atoms with van der Waals surface area (Å²) in [5.41, 5.74) is -1.49. The molecule has 1 saturated heterocycles. The number of aliphatic hydroxyl groups is 1. The summed E-state index contributed by atoms with van der Waals surface area (Å²) in [7, 11) is 1.63. The van der Waals surface area contributed by atoms with Crippen molar-refractivity contribution >= 4 is 17.4 Å². The number of aromatic nitrogens is 2. The summed E-state index contributed by atoms with van der Waals surface area (Å²) in [6, 6.07) is 1.72. The molecule has 2 rings (SSSR count). The predicted molar refractivity (Wildman–Crippen MR) is 69.9 cm³/mol. The standard InChI is InChI=1S/C12H18ClN3O2/c1-11(2,17)12(18-3)4-5-16(7-12)10-6-9(13)14-8-15-10/h6,8,17H,4-5,7H2,1-3H3/t12-/m1/s1. The van der Waals surface area contributed by atoms with Gasteiger partial charge in [0.15, 0.2) is 0 Å². The molecule has 0 saturated carbocycles. The van der Waals surface area contributed by atoms with Crippen LogP contribution in [0, 0.1) is 0 Å². The van der Waals surface area contributed by atoms with Gasteiger partial charge in [0.25, 0.3) is 0 Å². The highest BCUT2D eigenvalue weighted by Gasteiger charge is 2.49. The molecule has 0 amide bonds. The van der Waals surface area contributed by atoms with E-state index in [-0.39, 0.29) is 0 Å². The second kappa shape index (κ2) is 4.64.